The largest absolute Gasteiger partial charge is 0.618 e. The third-order valence-electron chi connectivity index (χ3n) is 2.50. The number of alkyl halides is 2. The first-order valence-corrected chi connectivity index (χ1v) is 8.07. The molecule has 0 saturated heterocycles. The summed E-state index contributed by atoms with van der Waals surface area (Å²) >= 11 is 1.57. The molecule has 0 fully saturated rings. The van der Waals surface area contributed by atoms with Crippen molar-refractivity contribution in [2.24, 2.45) is 0 Å². The summed E-state index contributed by atoms with van der Waals surface area (Å²) in [5.41, 5.74) is 0.521. The van der Waals surface area contributed by atoms with E-state index >= 15 is 0 Å². The molecule has 8 heteroatoms. The van der Waals surface area contributed by atoms with Gasteiger partial charge < -0.3 is 10.5 Å². The molecule has 1 heterocycles. The summed E-state index contributed by atoms with van der Waals surface area (Å²) < 4.78 is 25.1. The van der Waals surface area contributed by atoms with Gasteiger partial charge in [-0.05, 0) is 42.1 Å². The molecule has 0 aliphatic rings. The fourth-order valence-corrected chi connectivity index (χ4v) is 2.79. The highest BCUT2D eigenvalue weighted by atomic mass is 32.2. The molecular weight excluding hydrogens is 330 g/mol. The van der Waals surface area contributed by atoms with Crippen molar-refractivity contribution in [3.63, 3.8) is 0 Å². The number of benzene rings is 1. The standard InChI is InChI=1S/C14H12F2N2O2S2/c15-14(16)22-11-6-4-10(5-7-11)17-12(19)9-21-13-3-1-2-8-18(13)20/h1-8,14H,9H2,(H,17,19). The Morgan fingerprint density at radius 1 is 1.23 bits per heavy atom. The van der Waals surface area contributed by atoms with Crippen LogP contribution in [0.25, 0.3) is 0 Å². The van der Waals surface area contributed by atoms with Gasteiger partial charge in [-0.15, -0.1) is 0 Å². The van der Waals surface area contributed by atoms with Gasteiger partial charge in [-0.2, -0.15) is 13.5 Å². The molecule has 0 spiro atoms. The zero-order valence-corrected chi connectivity index (χ0v) is 12.9. The van der Waals surface area contributed by atoms with Gasteiger partial charge in [-0.3, -0.25) is 4.79 Å². The Morgan fingerprint density at radius 2 is 1.95 bits per heavy atom. The number of rotatable bonds is 6. The quantitative estimate of drug-likeness (QED) is 0.497. The van der Waals surface area contributed by atoms with E-state index in [0.717, 1.165) is 11.8 Å². The van der Waals surface area contributed by atoms with Crippen LogP contribution < -0.4 is 10.0 Å². The minimum Gasteiger partial charge on any atom is -0.618 e. The molecule has 1 N–H and O–H groups in total. The predicted octanol–water partition coefficient (Wildman–Crippen LogP) is 3.37. The smallest absolute Gasteiger partial charge is 0.288 e. The Bertz CT molecular complexity index is 639. The summed E-state index contributed by atoms with van der Waals surface area (Å²) in [6.45, 7) is 0. The van der Waals surface area contributed by atoms with Crippen LogP contribution in [0.1, 0.15) is 0 Å². The summed E-state index contributed by atoms with van der Waals surface area (Å²) in [7, 11) is 0. The number of carbonyl (C=O) groups is 1. The predicted molar refractivity (Wildman–Crippen MR) is 83.1 cm³/mol. The lowest BCUT2D eigenvalue weighted by molar-refractivity contribution is -0.645. The molecule has 22 heavy (non-hydrogen) atoms. The van der Waals surface area contributed by atoms with Crippen LogP contribution in [0.3, 0.4) is 0 Å². The van der Waals surface area contributed by atoms with Gasteiger partial charge in [0.1, 0.15) is 0 Å². The Morgan fingerprint density at radius 3 is 2.59 bits per heavy atom. The number of nitrogens with zero attached hydrogens (tertiary/aromatic N) is 1. The number of anilines is 1. The van der Waals surface area contributed by atoms with Crippen LogP contribution in [-0.4, -0.2) is 17.4 Å². The van der Waals surface area contributed by atoms with E-state index in [0.29, 0.717) is 32.1 Å². The topological polar surface area (TPSA) is 56.0 Å². The Balaban J connectivity index is 1.85. The number of thioether (sulfide) groups is 2. The summed E-state index contributed by atoms with van der Waals surface area (Å²) in [4.78, 5) is 12.2. The summed E-state index contributed by atoms with van der Waals surface area (Å²) in [6, 6.07) is 11.1. The lowest BCUT2D eigenvalue weighted by Crippen LogP contribution is -2.28. The van der Waals surface area contributed by atoms with Crippen molar-refractivity contribution in [3.8, 4) is 0 Å². The average Bonchev–Trinajstić information content (AvgIpc) is 2.48. The minimum absolute atomic E-state index is 0.0831. The number of hydrogen-bond acceptors (Lipinski definition) is 4. The maximum atomic E-state index is 12.2. The number of nitrogens with one attached hydrogen (secondary N) is 1. The zero-order valence-electron chi connectivity index (χ0n) is 11.2. The molecule has 2 aromatic rings. The molecule has 0 saturated carbocycles. The molecule has 1 aromatic carbocycles. The molecule has 1 amide bonds. The van der Waals surface area contributed by atoms with Gasteiger partial charge in [0.15, 0.2) is 6.20 Å². The van der Waals surface area contributed by atoms with Crippen molar-refractivity contribution in [2.75, 3.05) is 11.1 Å². The van der Waals surface area contributed by atoms with Crippen LogP contribution in [-0.2, 0) is 4.79 Å². The first kappa shape index (κ1) is 16.6. The fourth-order valence-electron chi connectivity index (χ4n) is 1.58. The maximum absolute atomic E-state index is 12.2. The SMILES string of the molecule is O=C(CSc1cccc[n+]1[O-])Nc1ccc(SC(F)F)cc1. The van der Waals surface area contributed by atoms with Gasteiger partial charge in [0.2, 0.25) is 5.91 Å². The van der Waals surface area contributed by atoms with Crippen molar-refractivity contribution >= 4 is 35.1 Å². The van der Waals surface area contributed by atoms with Gasteiger partial charge >= 0.3 is 0 Å². The Labute approximate surface area is 134 Å². The Kier molecular flexibility index (Phi) is 6.02. The van der Waals surface area contributed by atoms with Crippen molar-refractivity contribution < 1.29 is 18.3 Å². The van der Waals surface area contributed by atoms with E-state index in [1.54, 1.807) is 30.3 Å². The highest BCUT2D eigenvalue weighted by Crippen LogP contribution is 2.26. The van der Waals surface area contributed by atoms with Crippen molar-refractivity contribution in [3.05, 3.63) is 53.9 Å². The highest BCUT2D eigenvalue weighted by molar-refractivity contribution is 8.00. The van der Waals surface area contributed by atoms with Crippen LogP contribution in [0.4, 0.5) is 14.5 Å². The lowest BCUT2D eigenvalue weighted by atomic mass is 10.3. The van der Waals surface area contributed by atoms with Crippen LogP contribution in [0, 0.1) is 5.21 Å². The van der Waals surface area contributed by atoms with Crippen molar-refractivity contribution in [2.45, 2.75) is 15.7 Å². The third kappa shape index (κ3) is 5.19. The molecule has 0 aliphatic carbocycles. The average molecular weight is 342 g/mol. The van der Waals surface area contributed by atoms with E-state index in [2.05, 4.69) is 5.32 Å². The minimum atomic E-state index is -2.47. The zero-order chi connectivity index (χ0) is 15.9. The van der Waals surface area contributed by atoms with Crippen molar-refractivity contribution in [1.29, 1.82) is 0 Å². The number of hydrogen-bond donors (Lipinski definition) is 1. The summed E-state index contributed by atoms with van der Waals surface area (Å²) in [5, 5.41) is 14.5. The molecule has 0 atom stereocenters. The number of pyridine rings is 1. The molecule has 2 rings (SSSR count). The number of carbonyl (C=O) groups excluding carboxylic acids is 1. The molecule has 4 nitrogen and oxygen atoms in total. The third-order valence-corrected chi connectivity index (χ3v) is 4.24. The Hall–Kier alpha value is -1.80. The first-order valence-electron chi connectivity index (χ1n) is 6.20. The van der Waals surface area contributed by atoms with Crippen LogP contribution >= 0.6 is 23.5 Å². The van der Waals surface area contributed by atoms with E-state index in [-0.39, 0.29) is 11.7 Å². The normalized spacial score (nSPS) is 10.7. The molecular formula is C14H12F2N2O2S2. The fraction of sp³-hybridized carbons (Fsp3) is 0.143. The van der Waals surface area contributed by atoms with Gasteiger partial charge in [0, 0.05) is 22.7 Å². The van der Waals surface area contributed by atoms with Crippen LogP contribution in [0.2, 0.25) is 0 Å². The molecule has 1 aromatic heterocycles. The number of aromatic nitrogens is 1. The summed E-state index contributed by atoms with van der Waals surface area (Å²) in [5.74, 6) is -2.66. The van der Waals surface area contributed by atoms with Gasteiger partial charge in [0.25, 0.3) is 10.8 Å². The number of amides is 1. The van der Waals surface area contributed by atoms with E-state index < -0.39 is 5.76 Å². The van der Waals surface area contributed by atoms with Crippen LogP contribution in [0.5, 0.6) is 0 Å². The van der Waals surface area contributed by atoms with E-state index in [1.807, 2.05) is 0 Å². The second-order valence-electron chi connectivity index (χ2n) is 4.10. The lowest BCUT2D eigenvalue weighted by Gasteiger charge is -2.06. The second kappa shape index (κ2) is 8.00. The summed E-state index contributed by atoms with van der Waals surface area (Å²) in [6.07, 6.45) is 1.36. The van der Waals surface area contributed by atoms with Crippen molar-refractivity contribution in [1.82, 2.24) is 0 Å². The van der Waals surface area contributed by atoms with Gasteiger partial charge in [-0.1, -0.05) is 11.8 Å². The molecule has 0 bridgehead atoms. The van der Waals surface area contributed by atoms with Gasteiger partial charge in [0.05, 0.1) is 5.75 Å². The molecule has 0 unspecified atom stereocenters. The second-order valence-corrected chi connectivity index (χ2v) is 6.16. The first-order chi connectivity index (χ1) is 10.5. The van der Waals surface area contributed by atoms with E-state index in [4.69, 9.17) is 0 Å². The van der Waals surface area contributed by atoms with Gasteiger partial charge in [-0.25, -0.2) is 0 Å². The highest BCUT2D eigenvalue weighted by Gasteiger charge is 2.10. The maximum Gasteiger partial charge on any atom is 0.288 e. The molecule has 0 aliphatic heterocycles. The number of halogens is 2. The van der Waals surface area contributed by atoms with E-state index in [1.165, 1.54) is 18.3 Å². The molecule has 116 valence electrons. The van der Waals surface area contributed by atoms with Crippen LogP contribution in [0.15, 0.2) is 58.6 Å². The van der Waals surface area contributed by atoms with E-state index in [9.17, 15) is 18.8 Å². The monoisotopic (exact) mass is 342 g/mol. The molecule has 0 radical (unpaired) electrons.